The van der Waals surface area contributed by atoms with E-state index in [1.165, 1.54) is 24.3 Å². The van der Waals surface area contributed by atoms with Crippen LogP contribution in [0.3, 0.4) is 0 Å². The summed E-state index contributed by atoms with van der Waals surface area (Å²) >= 11 is 5.87. The van der Waals surface area contributed by atoms with Gasteiger partial charge in [-0.25, -0.2) is 13.4 Å². The van der Waals surface area contributed by atoms with E-state index in [1.54, 1.807) is 29.2 Å². The van der Waals surface area contributed by atoms with Gasteiger partial charge in [0.25, 0.3) is 15.9 Å². The van der Waals surface area contributed by atoms with Crippen LogP contribution >= 0.6 is 11.6 Å². The second-order valence-corrected chi connectivity index (χ2v) is 10.3. The van der Waals surface area contributed by atoms with Crippen LogP contribution in [0, 0.1) is 0 Å². The molecule has 1 aliphatic heterocycles. The summed E-state index contributed by atoms with van der Waals surface area (Å²) in [5, 5.41) is 0.441. The maximum absolute atomic E-state index is 13.3. The van der Waals surface area contributed by atoms with E-state index < -0.39 is 10.0 Å². The van der Waals surface area contributed by atoms with Crippen LogP contribution in [-0.4, -0.2) is 37.3 Å². The second kappa shape index (κ2) is 9.12. The molecule has 1 N–H and O–H groups in total. The van der Waals surface area contributed by atoms with Crippen molar-refractivity contribution < 1.29 is 17.6 Å². The Balaban J connectivity index is 1.30. The van der Waals surface area contributed by atoms with Gasteiger partial charge in [0.1, 0.15) is 5.52 Å². The molecule has 174 valence electrons. The molecule has 7 nitrogen and oxygen atoms in total. The monoisotopic (exact) mass is 495 g/mol. The van der Waals surface area contributed by atoms with Gasteiger partial charge in [0.05, 0.1) is 16.1 Å². The van der Waals surface area contributed by atoms with Crippen LogP contribution in [0.1, 0.15) is 35.0 Å². The molecule has 1 amide bonds. The summed E-state index contributed by atoms with van der Waals surface area (Å²) in [7, 11) is -3.87. The van der Waals surface area contributed by atoms with Gasteiger partial charge in [-0.05, 0) is 61.4 Å². The molecule has 2 heterocycles. The van der Waals surface area contributed by atoms with Crippen LogP contribution in [0.5, 0.6) is 0 Å². The lowest BCUT2D eigenvalue weighted by Crippen LogP contribution is -2.38. The molecule has 3 aromatic carbocycles. The third-order valence-electron chi connectivity index (χ3n) is 5.97. The Bertz CT molecular complexity index is 1410. The van der Waals surface area contributed by atoms with Crippen molar-refractivity contribution in [3.05, 3.63) is 89.3 Å². The van der Waals surface area contributed by atoms with E-state index in [1.807, 2.05) is 24.3 Å². The highest BCUT2D eigenvalue weighted by Gasteiger charge is 2.29. The summed E-state index contributed by atoms with van der Waals surface area (Å²) in [6.45, 7) is 1.06. The number of nitrogens with zero attached hydrogens (tertiary/aromatic N) is 2. The number of hydrogen-bond donors (Lipinski definition) is 1. The molecule has 0 atom stereocenters. The van der Waals surface area contributed by atoms with Gasteiger partial charge in [0.2, 0.25) is 0 Å². The maximum atomic E-state index is 13.3. The van der Waals surface area contributed by atoms with Crippen LogP contribution in [0.15, 0.2) is 82.1 Å². The van der Waals surface area contributed by atoms with E-state index in [4.69, 9.17) is 16.0 Å². The predicted molar refractivity (Wildman–Crippen MR) is 131 cm³/mol. The van der Waals surface area contributed by atoms with E-state index in [9.17, 15) is 13.2 Å². The van der Waals surface area contributed by atoms with E-state index in [2.05, 4.69) is 9.71 Å². The van der Waals surface area contributed by atoms with Crippen LogP contribution < -0.4 is 4.72 Å². The third-order valence-corrected chi connectivity index (χ3v) is 7.60. The largest absolute Gasteiger partial charge is 0.440 e. The van der Waals surface area contributed by atoms with Crippen molar-refractivity contribution in [2.24, 2.45) is 0 Å². The zero-order chi connectivity index (χ0) is 23.7. The van der Waals surface area contributed by atoms with Crippen LogP contribution in [0.4, 0.5) is 5.69 Å². The molecule has 0 aliphatic carbocycles. The summed E-state index contributed by atoms with van der Waals surface area (Å²) in [6.07, 6.45) is 1.44. The molecule has 0 bridgehead atoms. The maximum Gasteiger partial charge on any atom is 0.261 e. The Morgan fingerprint density at radius 2 is 1.65 bits per heavy atom. The lowest BCUT2D eigenvalue weighted by Gasteiger charge is -2.31. The number of para-hydroxylation sites is 3. The Morgan fingerprint density at radius 3 is 2.38 bits per heavy atom. The number of amides is 1. The molecular weight excluding hydrogens is 474 g/mol. The van der Waals surface area contributed by atoms with E-state index in [0.29, 0.717) is 29.6 Å². The topological polar surface area (TPSA) is 92.5 Å². The first-order valence-corrected chi connectivity index (χ1v) is 12.8. The zero-order valence-corrected chi connectivity index (χ0v) is 19.7. The normalized spacial score (nSPS) is 14.9. The number of benzene rings is 3. The average Bonchev–Trinajstić information content (AvgIpc) is 3.29. The van der Waals surface area contributed by atoms with Gasteiger partial charge in [-0.1, -0.05) is 35.9 Å². The zero-order valence-electron chi connectivity index (χ0n) is 18.1. The summed E-state index contributed by atoms with van der Waals surface area (Å²) < 4.78 is 34.1. The van der Waals surface area contributed by atoms with Crippen molar-refractivity contribution in [1.82, 2.24) is 9.88 Å². The number of anilines is 1. The van der Waals surface area contributed by atoms with Crippen LogP contribution in [-0.2, 0) is 10.0 Å². The standard InChI is InChI=1S/C25H22ClN3O4S/c26-18-9-11-19(12-10-18)34(31,32)28-21-6-2-1-5-20(21)25(30)29-15-13-17(14-16-29)24-27-22-7-3-4-8-23(22)33-24/h1-12,17,28H,13-16H2. The lowest BCUT2D eigenvalue weighted by molar-refractivity contribution is 0.0708. The molecule has 1 aromatic heterocycles. The Hall–Kier alpha value is -3.36. The number of fused-ring (bicyclic) bond motifs is 1. The van der Waals surface area contributed by atoms with Crippen molar-refractivity contribution >= 4 is 44.3 Å². The van der Waals surface area contributed by atoms with Gasteiger partial charge in [0.15, 0.2) is 11.5 Å². The van der Waals surface area contributed by atoms with Gasteiger partial charge >= 0.3 is 0 Å². The van der Waals surface area contributed by atoms with E-state index in [-0.39, 0.29) is 22.4 Å². The average molecular weight is 496 g/mol. The molecule has 0 radical (unpaired) electrons. The van der Waals surface area contributed by atoms with Crippen LogP contribution in [0.25, 0.3) is 11.1 Å². The molecule has 4 aromatic rings. The minimum atomic E-state index is -3.87. The summed E-state index contributed by atoms with van der Waals surface area (Å²) in [6, 6.07) is 20.1. The van der Waals surface area contributed by atoms with E-state index in [0.717, 1.165) is 23.9 Å². The fourth-order valence-electron chi connectivity index (χ4n) is 4.14. The van der Waals surface area contributed by atoms with Crippen molar-refractivity contribution in [1.29, 1.82) is 0 Å². The molecule has 34 heavy (non-hydrogen) atoms. The first-order chi connectivity index (χ1) is 16.4. The molecule has 1 saturated heterocycles. The molecule has 1 fully saturated rings. The highest BCUT2D eigenvalue weighted by Crippen LogP contribution is 2.31. The smallest absolute Gasteiger partial charge is 0.261 e. The number of piperidine rings is 1. The first kappa shape index (κ1) is 22.4. The molecule has 0 spiro atoms. The minimum Gasteiger partial charge on any atom is -0.440 e. The highest BCUT2D eigenvalue weighted by atomic mass is 35.5. The van der Waals surface area contributed by atoms with Crippen molar-refractivity contribution in [3.63, 3.8) is 0 Å². The number of sulfonamides is 1. The quantitative estimate of drug-likeness (QED) is 0.405. The van der Waals surface area contributed by atoms with Gasteiger partial charge in [-0.2, -0.15) is 0 Å². The number of hydrogen-bond acceptors (Lipinski definition) is 5. The summed E-state index contributed by atoms with van der Waals surface area (Å²) in [5.74, 6) is 0.616. The number of nitrogens with one attached hydrogen (secondary N) is 1. The number of aromatic nitrogens is 1. The highest BCUT2D eigenvalue weighted by molar-refractivity contribution is 7.92. The van der Waals surface area contributed by atoms with E-state index >= 15 is 0 Å². The van der Waals surface area contributed by atoms with Gasteiger partial charge in [-0.15, -0.1) is 0 Å². The number of halogens is 1. The van der Waals surface area contributed by atoms with Crippen molar-refractivity contribution in [2.45, 2.75) is 23.7 Å². The number of oxazole rings is 1. The molecule has 0 saturated carbocycles. The number of carbonyl (C=O) groups is 1. The second-order valence-electron chi connectivity index (χ2n) is 8.19. The third kappa shape index (κ3) is 4.51. The summed E-state index contributed by atoms with van der Waals surface area (Å²) in [5.41, 5.74) is 2.14. The fraction of sp³-hybridized carbons (Fsp3) is 0.200. The predicted octanol–water partition coefficient (Wildman–Crippen LogP) is 5.30. The molecule has 5 rings (SSSR count). The SMILES string of the molecule is O=C(c1ccccc1NS(=O)(=O)c1ccc(Cl)cc1)N1CCC(c2nc3ccccc3o2)CC1. The van der Waals surface area contributed by atoms with Gasteiger partial charge in [0, 0.05) is 24.0 Å². The summed E-state index contributed by atoms with van der Waals surface area (Å²) in [4.78, 5) is 19.7. The molecule has 1 aliphatic rings. The molecule has 0 unspecified atom stereocenters. The van der Waals surface area contributed by atoms with Gasteiger partial charge in [-0.3, -0.25) is 9.52 Å². The van der Waals surface area contributed by atoms with Crippen molar-refractivity contribution in [2.75, 3.05) is 17.8 Å². The Morgan fingerprint density at radius 1 is 0.971 bits per heavy atom. The number of likely N-dealkylation sites (tertiary alicyclic amines) is 1. The molecule has 9 heteroatoms. The fourth-order valence-corrected chi connectivity index (χ4v) is 5.35. The van der Waals surface area contributed by atoms with Gasteiger partial charge < -0.3 is 9.32 Å². The van der Waals surface area contributed by atoms with Crippen molar-refractivity contribution in [3.8, 4) is 0 Å². The lowest BCUT2D eigenvalue weighted by atomic mass is 9.96. The Kier molecular flexibility index (Phi) is 6.02. The molecular formula is C25H22ClN3O4S. The Labute approximate surface area is 202 Å². The van der Waals surface area contributed by atoms with Crippen LogP contribution in [0.2, 0.25) is 5.02 Å². The number of carbonyl (C=O) groups excluding carboxylic acids is 1. The minimum absolute atomic E-state index is 0.0679. The first-order valence-electron chi connectivity index (χ1n) is 10.9. The number of rotatable bonds is 5.